The van der Waals surface area contributed by atoms with Gasteiger partial charge in [0.1, 0.15) is 0 Å². The van der Waals surface area contributed by atoms with E-state index in [9.17, 15) is 8.42 Å². The Morgan fingerprint density at radius 1 is 1.04 bits per heavy atom. The predicted molar refractivity (Wildman–Crippen MR) is 95.0 cm³/mol. The van der Waals surface area contributed by atoms with Crippen LogP contribution in [0, 0.1) is 0 Å². The summed E-state index contributed by atoms with van der Waals surface area (Å²) < 4.78 is 33.2. The van der Waals surface area contributed by atoms with Crippen LogP contribution in [0.25, 0.3) is 0 Å². The maximum absolute atomic E-state index is 12.9. The summed E-state index contributed by atoms with van der Waals surface area (Å²) in [5, 5.41) is 0.548. The lowest BCUT2D eigenvalue weighted by Gasteiger charge is -2.36. The molecular formula is C17H17Cl2NO3S. The molecule has 1 heterocycles. The van der Waals surface area contributed by atoms with Crippen LogP contribution in [0.2, 0.25) is 10.0 Å². The monoisotopic (exact) mass is 385 g/mol. The highest BCUT2D eigenvalue weighted by molar-refractivity contribution is 7.89. The number of rotatable bonds is 3. The Bertz CT molecular complexity index is 827. The number of nitrogens with zero attached hydrogens (tertiary/aromatic N) is 1. The fourth-order valence-electron chi connectivity index (χ4n) is 2.75. The molecule has 0 saturated carbocycles. The molecule has 0 spiro atoms. The maximum atomic E-state index is 12.9. The van der Waals surface area contributed by atoms with Crippen LogP contribution in [0.5, 0.6) is 0 Å². The van der Waals surface area contributed by atoms with Crippen LogP contribution >= 0.6 is 23.2 Å². The van der Waals surface area contributed by atoms with Crippen LogP contribution in [-0.2, 0) is 14.8 Å². The topological polar surface area (TPSA) is 46.6 Å². The summed E-state index contributed by atoms with van der Waals surface area (Å²) in [5.74, 6) is 0. The molecule has 0 aliphatic carbocycles. The van der Waals surface area contributed by atoms with Gasteiger partial charge in [-0.3, -0.25) is 0 Å². The first kappa shape index (κ1) is 17.7. The van der Waals surface area contributed by atoms with Gasteiger partial charge in [0.25, 0.3) is 0 Å². The molecule has 0 amide bonds. The van der Waals surface area contributed by atoms with Crippen LogP contribution in [0.15, 0.2) is 53.4 Å². The van der Waals surface area contributed by atoms with E-state index in [1.807, 2.05) is 37.3 Å². The van der Waals surface area contributed by atoms with Gasteiger partial charge in [-0.2, -0.15) is 4.31 Å². The molecular weight excluding hydrogens is 369 g/mol. The first-order valence-corrected chi connectivity index (χ1v) is 9.73. The Kier molecular flexibility index (Phi) is 5.18. The van der Waals surface area contributed by atoms with E-state index in [4.69, 9.17) is 27.9 Å². The minimum absolute atomic E-state index is 0.137. The smallest absolute Gasteiger partial charge is 0.243 e. The zero-order valence-corrected chi connectivity index (χ0v) is 15.4. The third-order valence-electron chi connectivity index (χ3n) is 3.93. The molecule has 4 nitrogen and oxygen atoms in total. The fourth-order valence-corrected chi connectivity index (χ4v) is 4.65. The van der Waals surface area contributed by atoms with Gasteiger partial charge < -0.3 is 4.74 Å². The summed E-state index contributed by atoms with van der Waals surface area (Å²) >= 11 is 11.9. The average molecular weight is 386 g/mol. The zero-order chi connectivity index (χ0) is 17.3. The quantitative estimate of drug-likeness (QED) is 0.797. The summed E-state index contributed by atoms with van der Waals surface area (Å²) in [6.45, 7) is 2.43. The second-order valence-corrected chi connectivity index (χ2v) is 8.50. The van der Waals surface area contributed by atoms with Crippen molar-refractivity contribution in [2.45, 2.75) is 24.0 Å². The normalized spacial score (nSPS) is 22.5. The molecule has 0 N–H and O–H groups in total. The third kappa shape index (κ3) is 3.60. The van der Waals surface area contributed by atoms with Crippen molar-refractivity contribution in [2.24, 2.45) is 0 Å². The number of morpholine rings is 1. The van der Waals surface area contributed by atoms with Crippen LogP contribution in [0.4, 0.5) is 0 Å². The number of hydrogen-bond acceptors (Lipinski definition) is 3. The van der Waals surface area contributed by atoms with Crippen LogP contribution < -0.4 is 0 Å². The third-order valence-corrected chi connectivity index (χ3v) is 6.49. The molecule has 2 aromatic rings. The van der Waals surface area contributed by atoms with E-state index in [2.05, 4.69) is 0 Å². The maximum Gasteiger partial charge on any atom is 0.243 e. The molecule has 0 radical (unpaired) electrons. The lowest BCUT2D eigenvalue weighted by atomic mass is 10.1. The molecule has 1 aliphatic rings. The number of sulfonamides is 1. The Morgan fingerprint density at radius 3 is 2.42 bits per heavy atom. The van der Waals surface area contributed by atoms with Crippen molar-refractivity contribution < 1.29 is 13.2 Å². The summed E-state index contributed by atoms with van der Waals surface area (Å²) in [6.07, 6.45) is -0.506. The molecule has 1 aliphatic heterocycles. The van der Waals surface area contributed by atoms with E-state index >= 15 is 0 Å². The van der Waals surface area contributed by atoms with Gasteiger partial charge in [-0.1, -0.05) is 53.5 Å². The second-order valence-electron chi connectivity index (χ2n) is 5.74. The SMILES string of the molecule is CC1CN(S(=O)(=O)c2ccc(Cl)c(Cl)c2)CC(c2ccccc2)O1. The first-order chi connectivity index (χ1) is 11.4. The lowest BCUT2D eigenvalue weighted by molar-refractivity contribution is -0.0557. The molecule has 1 fully saturated rings. The average Bonchev–Trinajstić information content (AvgIpc) is 2.57. The van der Waals surface area contributed by atoms with E-state index < -0.39 is 10.0 Å². The van der Waals surface area contributed by atoms with Gasteiger partial charge in [-0.05, 0) is 30.7 Å². The lowest BCUT2D eigenvalue weighted by Crippen LogP contribution is -2.45. The van der Waals surface area contributed by atoms with Gasteiger partial charge in [-0.25, -0.2) is 8.42 Å². The molecule has 0 aromatic heterocycles. The zero-order valence-electron chi connectivity index (χ0n) is 13.0. The molecule has 2 unspecified atom stereocenters. The fraction of sp³-hybridized carbons (Fsp3) is 0.294. The van der Waals surface area contributed by atoms with Crippen molar-refractivity contribution in [1.29, 1.82) is 0 Å². The molecule has 1 saturated heterocycles. The highest BCUT2D eigenvalue weighted by Gasteiger charge is 2.34. The standard InChI is InChI=1S/C17H17Cl2NO3S/c1-12-10-20(11-17(23-12)13-5-3-2-4-6-13)24(21,22)14-7-8-15(18)16(19)9-14/h2-9,12,17H,10-11H2,1H3. The van der Waals surface area contributed by atoms with Crippen molar-refractivity contribution in [1.82, 2.24) is 4.31 Å². The molecule has 2 atom stereocenters. The van der Waals surface area contributed by atoms with Crippen molar-refractivity contribution in [3.05, 3.63) is 64.1 Å². The Hall–Kier alpha value is -1.11. The Morgan fingerprint density at radius 2 is 1.75 bits per heavy atom. The van der Waals surface area contributed by atoms with Gasteiger partial charge in [-0.15, -0.1) is 0 Å². The highest BCUT2D eigenvalue weighted by atomic mass is 35.5. The van der Waals surface area contributed by atoms with E-state index in [-0.39, 0.29) is 28.7 Å². The number of benzene rings is 2. The molecule has 24 heavy (non-hydrogen) atoms. The van der Waals surface area contributed by atoms with Gasteiger partial charge in [0.15, 0.2) is 0 Å². The summed E-state index contributed by atoms with van der Waals surface area (Å²) in [4.78, 5) is 0.137. The van der Waals surface area contributed by atoms with Crippen molar-refractivity contribution >= 4 is 33.2 Å². The Labute approximate surface area is 152 Å². The minimum Gasteiger partial charge on any atom is -0.368 e. The number of halogens is 2. The summed E-state index contributed by atoms with van der Waals surface area (Å²) in [6, 6.07) is 14.0. The Balaban J connectivity index is 1.90. The van der Waals surface area contributed by atoms with Gasteiger partial charge >= 0.3 is 0 Å². The van der Waals surface area contributed by atoms with E-state index in [0.29, 0.717) is 11.6 Å². The second kappa shape index (κ2) is 7.02. The van der Waals surface area contributed by atoms with Gasteiger partial charge in [0.2, 0.25) is 10.0 Å². The van der Waals surface area contributed by atoms with Crippen LogP contribution in [0.3, 0.4) is 0 Å². The minimum atomic E-state index is -3.66. The van der Waals surface area contributed by atoms with Crippen LogP contribution in [0.1, 0.15) is 18.6 Å². The van der Waals surface area contributed by atoms with Crippen LogP contribution in [-0.4, -0.2) is 31.9 Å². The van der Waals surface area contributed by atoms with E-state index in [0.717, 1.165) is 5.56 Å². The number of hydrogen-bond donors (Lipinski definition) is 0. The van der Waals surface area contributed by atoms with Crippen molar-refractivity contribution in [2.75, 3.05) is 13.1 Å². The summed E-state index contributed by atoms with van der Waals surface area (Å²) in [5.41, 5.74) is 0.957. The van der Waals surface area contributed by atoms with Crippen molar-refractivity contribution in [3.63, 3.8) is 0 Å². The molecule has 2 aromatic carbocycles. The summed E-state index contributed by atoms with van der Waals surface area (Å²) in [7, 11) is -3.66. The predicted octanol–water partition coefficient (Wildman–Crippen LogP) is 4.14. The molecule has 0 bridgehead atoms. The van der Waals surface area contributed by atoms with Crippen molar-refractivity contribution in [3.8, 4) is 0 Å². The van der Waals surface area contributed by atoms with Gasteiger partial charge in [0, 0.05) is 13.1 Å². The molecule has 128 valence electrons. The van der Waals surface area contributed by atoms with Gasteiger partial charge in [0.05, 0.1) is 27.1 Å². The molecule has 3 rings (SSSR count). The van der Waals surface area contributed by atoms with E-state index in [1.165, 1.54) is 22.5 Å². The highest BCUT2D eigenvalue weighted by Crippen LogP contribution is 2.31. The largest absolute Gasteiger partial charge is 0.368 e. The number of ether oxygens (including phenoxy) is 1. The molecule has 7 heteroatoms. The first-order valence-electron chi connectivity index (χ1n) is 7.53. The van der Waals surface area contributed by atoms with E-state index in [1.54, 1.807) is 0 Å².